The Labute approximate surface area is 226 Å². The van der Waals surface area contributed by atoms with E-state index < -0.39 is 11.9 Å². The highest BCUT2D eigenvalue weighted by atomic mass is 19.4. The number of halogens is 3. The maximum Gasteiger partial charge on any atom is 0.434 e. The van der Waals surface area contributed by atoms with Crippen LogP contribution in [0.3, 0.4) is 0 Å². The summed E-state index contributed by atoms with van der Waals surface area (Å²) in [7, 11) is 1.54. The zero-order valence-electron chi connectivity index (χ0n) is 21.6. The number of ether oxygens (including phenoxy) is 1. The molecule has 3 aliphatic rings. The van der Waals surface area contributed by atoms with E-state index in [2.05, 4.69) is 20.1 Å². The van der Waals surface area contributed by atoms with Crippen molar-refractivity contribution in [2.45, 2.75) is 63.3 Å². The summed E-state index contributed by atoms with van der Waals surface area (Å²) in [6.45, 7) is 0.636. The number of fused-ring (bicyclic) bond motifs is 1. The van der Waals surface area contributed by atoms with E-state index in [1.54, 1.807) is 45.5 Å². The second-order valence-corrected chi connectivity index (χ2v) is 10.4. The van der Waals surface area contributed by atoms with Gasteiger partial charge in [0.25, 0.3) is 0 Å². The summed E-state index contributed by atoms with van der Waals surface area (Å²) in [4.78, 5) is 31.9. The molecule has 1 amide bonds. The molecule has 3 aromatic heterocycles. The molecule has 1 aliphatic heterocycles. The molecule has 2 aliphatic carbocycles. The van der Waals surface area contributed by atoms with Crippen molar-refractivity contribution in [3.63, 3.8) is 0 Å². The van der Waals surface area contributed by atoms with E-state index in [1.165, 1.54) is 6.33 Å². The number of aryl methyl sites for hydroxylation is 1. The van der Waals surface area contributed by atoms with Crippen molar-refractivity contribution in [1.82, 2.24) is 34.3 Å². The van der Waals surface area contributed by atoms with Crippen molar-refractivity contribution in [3.05, 3.63) is 53.7 Å². The largest absolute Gasteiger partial charge is 0.480 e. The van der Waals surface area contributed by atoms with Crippen molar-refractivity contribution in [1.29, 1.82) is 0 Å². The fourth-order valence-electron chi connectivity index (χ4n) is 5.13. The molecule has 0 spiro atoms. The van der Waals surface area contributed by atoms with Gasteiger partial charge in [0.15, 0.2) is 11.5 Å². The molecule has 0 saturated heterocycles. The molecular weight excluding hydrogens is 525 g/mol. The first-order valence-corrected chi connectivity index (χ1v) is 13.2. The number of carbonyl (C=O) groups excluding carboxylic acids is 1. The summed E-state index contributed by atoms with van der Waals surface area (Å²) < 4.78 is 48.8. The quantitative estimate of drug-likeness (QED) is 0.326. The van der Waals surface area contributed by atoms with Crippen molar-refractivity contribution in [2.75, 3.05) is 12.0 Å². The van der Waals surface area contributed by atoms with Crippen LogP contribution >= 0.6 is 0 Å². The Morgan fingerprint density at radius 2 is 1.82 bits per heavy atom. The minimum Gasteiger partial charge on any atom is -0.480 e. The molecule has 1 aromatic carbocycles. The first-order chi connectivity index (χ1) is 19.3. The van der Waals surface area contributed by atoms with Crippen molar-refractivity contribution in [3.8, 4) is 28.7 Å². The summed E-state index contributed by atoms with van der Waals surface area (Å²) >= 11 is 0. The highest BCUT2D eigenvalue weighted by Gasteiger charge is 2.38. The minimum absolute atomic E-state index is 0.0406. The number of methoxy groups -OCH3 is 1. The molecule has 2 fully saturated rings. The molecule has 2 saturated carbocycles. The molecule has 0 atom stereocenters. The second-order valence-electron chi connectivity index (χ2n) is 10.4. The third kappa shape index (κ3) is 4.38. The van der Waals surface area contributed by atoms with Crippen LogP contribution in [0.2, 0.25) is 0 Å². The van der Waals surface area contributed by atoms with Gasteiger partial charge in [-0.2, -0.15) is 18.2 Å². The van der Waals surface area contributed by atoms with Gasteiger partial charge in [-0.1, -0.05) is 24.3 Å². The molecule has 4 heterocycles. The van der Waals surface area contributed by atoms with Crippen LogP contribution in [-0.2, 0) is 24.1 Å². The van der Waals surface area contributed by atoms with Gasteiger partial charge in [0.1, 0.15) is 17.7 Å². The van der Waals surface area contributed by atoms with Gasteiger partial charge in [0, 0.05) is 30.1 Å². The standard InChI is InChI=1S/C27H25F3N8O2/c1-40-25-21(22(16-6-7-16)31-14-32-25)23-34-26-37(20(39)10-11-38(26)35-23)12-15-2-4-17(5-3-15)24-33-19(27(28,29)30)13-36(24)18-8-9-18/h2-5,13-14,16,18H,6-12H2,1H3. The van der Waals surface area contributed by atoms with Crippen molar-refractivity contribution in [2.24, 2.45) is 0 Å². The van der Waals surface area contributed by atoms with E-state index >= 15 is 0 Å². The summed E-state index contributed by atoms with van der Waals surface area (Å²) in [5, 5.41) is 4.68. The van der Waals surface area contributed by atoms with Gasteiger partial charge in [-0.25, -0.2) is 19.6 Å². The van der Waals surface area contributed by atoms with E-state index in [-0.39, 0.29) is 24.9 Å². The molecule has 10 nitrogen and oxygen atoms in total. The minimum atomic E-state index is -4.51. The first-order valence-electron chi connectivity index (χ1n) is 13.2. The molecule has 206 valence electrons. The maximum atomic E-state index is 13.3. The SMILES string of the molecule is COc1ncnc(C2CC2)c1-c1nc2n(n1)CCC(=O)N2Cc1ccc(-c2nc(C(F)(F)F)cn2C2CC2)cc1. The third-order valence-electron chi connectivity index (χ3n) is 7.47. The van der Waals surface area contributed by atoms with Crippen molar-refractivity contribution < 1.29 is 22.7 Å². The maximum absolute atomic E-state index is 13.3. The average Bonchev–Trinajstić information content (AvgIpc) is 3.88. The van der Waals surface area contributed by atoms with Crippen LogP contribution < -0.4 is 9.64 Å². The number of benzene rings is 1. The van der Waals surface area contributed by atoms with Gasteiger partial charge < -0.3 is 9.30 Å². The number of carbonyl (C=O) groups is 1. The molecular formula is C27H25F3N8O2. The smallest absolute Gasteiger partial charge is 0.434 e. The van der Waals surface area contributed by atoms with Gasteiger partial charge >= 0.3 is 6.18 Å². The Balaban J connectivity index is 1.18. The molecule has 0 N–H and O–H groups in total. The number of alkyl halides is 3. The van der Waals surface area contributed by atoms with Gasteiger partial charge in [0.2, 0.25) is 17.7 Å². The summed E-state index contributed by atoms with van der Waals surface area (Å²) in [5.41, 5.74) is 2.00. The topological polar surface area (TPSA) is 104 Å². The van der Waals surface area contributed by atoms with Crippen molar-refractivity contribution >= 4 is 11.9 Å². The Morgan fingerprint density at radius 1 is 1.05 bits per heavy atom. The Kier molecular flexibility index (Phi) is 5.65. The molecule has 0 bridgehead atoms. The molecule has 4 aromatic rings. The number of anilines is 1. The predicted octanol–water partition coefficient (Wildman–Crippen LogP) is 4.78. The molecule has 0 unspecified atom stereocenters. The highest BCUT2D eigenvalue weighted by Crippen LogP contribution is 2.45. The Hall–Kier alpha value is -4.29. The van der Waals surface area contributed by atoms with E-state index in [0.717, 1.165) is 43.1 Å². The van der Waals surface area contributed by atoms with E-state index in [0.29, 0.717) is 47.1 Å². The lowest BCUT2D eigenvalue weighted by molar-refractivity contribution is -0.140. The number of imidazole rings is 1. The summed E-state index contributed by atoms with van der Waals surface area (Å²) in [5.74, 6) is 1.75. The van der Waals surface area contributed by atoms with Gasteiger partial charge in [-0.05, 0) is 31.2 Å². The predicted molar refractivity (Wildman–Crippen MR) is 136 cm³/mol. The molecule has 0 radical (unpaired) electrons. The van der Waals surface area contributed by atoms with Gasteiger partial charge in [0.05, 0.1) is 25.9 Å². The molecule has 40 heavy (non-hydrogen) atoms. The number of hydrogen-bond acceptors (Lipinski definition) is 7. The zero-order chi connectivity index (χ0) is 27.6. The number of aromatic nitrogens is 7. The van der Waals surface area contributed by atoms with E-state index in [9.17, 15) is 18.0 Å². The second kappa shape index (κ2) is 9.14. The number of nitrogens with zero attached hydrogens (tertiary/aromatic N) is 8. The monoisotopic (exact) mass is 550 g/mol. The zero-order valence-corrected chi connectivity index (χ0v) is 21.6. The van der Waals surface area contributed by atoms with Crippen LogP contribution in [0.4, 0.5) is 19.1 Å². The van der Waals surface area contributed by atoms with E-state index in [4.69, 9.17) is 9.72 Å². The van der Waals surface area contributed by atoms with Crippen LogP contribution in [0.1, 0.15) is 61.0 Å². The lowest BCUT2D eigenvalue weighted by Gasteiger charge is -2.26. The van der Waals surface area contributed by atoms with Crippen LogP contribution in [0.25, 0.3) is 22.8 Å². The Morgan fingerprint density at radius 3 is 2.50 bits per heavy atom. The lowest BCUT2D eigenvalue weighted by atomic mass is 10.1. The van der Waals surface area contributed by atoms with Crippen LogP contribution in [0, 0.1) is 0 Å². The van der Waals surface area contributed by atoms with Crippen LogP contribution in [0.15, 0.2) is 36.8 Å². The fraction of sp³-hybridized carbons (Fsp3) is 0.407. The molecule has 7 rings (SSSR count). The van der Waals surface area contributed by atoms with Gasteiger partial charge in [-0.3, -0.25) is 9.69 Å². The number of hydrogen-bond donors (Lipinski definition) is 0. The highest BCUT2D eigenvalue weighted by molar-refractivity contribution is 5.93. The third-order valence-corrected chi connectivity index (χ3v) is 7.47. The summed E-state index contributed by atoms with van der Waals surface area (Å²) in [6.07, 6.45) is 2.06. The number of rotatable bonds is 7. The molecule has 13 heteroatoms. The first kappa shape index (κ1) is 24.7. The summed E-state index contributed by atoms with van der Waals surface area (Å²) in [6, 6.07) is 7.14. The lowest BCUT2D eigenvalue weighted by Crippen LogP contribution is -2.37. The fourth-order valence-corrected chi connectivity index (χ4v) is 5.13. The Bertz CT molecular complexity index is 1600. The number of amides is 1. The van der Waals surface area contributed by atoms with E-state index in [1.807, 2.05) is 0 Å². The normalized spacial score (nSPS) is 17.3. The van der Waals surface area contributed by atoms with Crippen LogP contribution in [-0.4, -0.2) is 47.3 Å². The average molecular weight is 551 g/mol. The van der Waals surface area contributed by atoms with Gasteiger partial charge in [-0.15, -0.1) is 5.10 Å². The van der Waals surface area contributed by atoms with Crippen LogP contribution in [0.5, 0.6) is 5.88 Å².